The van der Waals surface area contributed by atoms with Gasteiger partial charge in [0, 0.05) is 0 Å². The van der Waals surface area contributed by atoms with Crippen LogP contribution >= 0.6 is 11.5 Å². The van der Waals surface area contributed by atoms with Gasteiger partial charge >= 0.3 is 0 Å². The zero-order chi connectivity index (χ0) is 13.3. The molecule has 5 heteroatoms. The molecule has 0 aliphatic heterocycles. The van der Waals surface area contributed by atoms with Gasteiger partial charge in [-0.25, -0.2) is 4.39 Å². The maximum atomic E-state index is 13.6. The molecule has 2 rings (SSSR count). The van der Waals surface area contributed by atoms with Crippen molar-refractivity contribution in [3.63, 3.8) is 0 Å². The number of halogens is 1. The summed E-state index contributed by atoms with van der Waals surface area (Å²) in [6.45, 7) is 5.82. The summed E-state index contributed by atoms with van der Waals surface area (Å²) in [7, 11) is 0. The standard InChI is InChI=1S/C13H16FN3S/c1-7(2)12-13(18-17-16-12)11(15)9-5-4-8(3)10(14)6-9/h4-7,11H,15H2,1-3H3. The quantitative estimate of drug-likeness (QED) is 0.927. The van der Waals surface area contributed by atoms with Gasteiger partial charge in [0.25, 0.3) is 0 Å². The number of nitrogens with zero attached hydrogens (tertiary/aromatic N) is 2. The predicted molar refractivity (Wildman–Crippen MR) is 71.2 cm³/mol. The van der Waals surface area contributed by atoms with Gasteiger partial charge < -0.3 is 5.73 Å². The van der Waals surface area contributed by atoms with Gasteiger partial charge in [-0.15, -0.1) is 5.10 Å². The lowest BCUT2D eigenvalue weighted by molar-refractivity contribution is 0.614. The average Bonchev–Trinajstić information content (AvgIpc) is 2.81. The van der Waals surface area contributed by atoms with Gasteiger partial charge in [0.15, 0.2) is 0 Å². The Hall–Kier alpha value is -1.33. The number of nitrogens with two attached hydrogens (primary N) is 1. The highest BCUT2D eigenvalue weighted by Gasteiger charge is 2.20. The highest BCUT2D eigenvalue weighted by atomic mass is 32.1. The SMILES string of the molecule is Cc1ccc(C(N)c2snnc2C(C)C)cc1F. The molecule has 0 bridgehead atoms. The lowest BCUT2D eigenvalue weighted by Gasteiger charge is -2.13. The maximum absolute atomic E-state index is 13.6. The minimum atomic E-state index is -0.363. The molecule has 2 aromatic rings. The van der Waals surface area contributed by atoms with Gasteiger partial charge in [-0.05, 0) is 41.6 Å². The van der Waals surface area contributed by atoms with Crippen LogP contribution in [0.15, 0.2) is 18.2 Å². The molecule has 0 amide bonds. The van der Waals surface area contributed by atoms with E-state index in [1.54, 1.807) is 13.0 Å². The second kappa shape index (κ2) is 5.12. The smallest absolute Gasteiger partial charge is 0.126 e. The molecule has 1 atom stereocenters. The van der Waals surface area contributed by atoms with E-state index in [-0.39, 0.29) is 17.8 Å². The molecule has 0 saturated heterocycles. The summed E-state index contributed by atoms with van der Waals surface area (Å²) in [4.78, 5) is 0.910. The first kappa shape index (κ1) is 13.1. The molecule has 0 aliphatic rings. The summed E-state index contributed by atoms with van der Waals surface area (Å²) >= 11 is 1.28. The number of aromatic nitrogens is 2. The number of hydrogen-bond donors (Lipinski definition) is 1. The fourth-order valence-corrected chi connectivity index (χ4v) is 2.61. The lowest BCUT2D eigenvalue weighted by atomic mass is 10.00. The molecule has 0 aliphatic carbocycles. The van der Waals surface area contributed by atoms with Gasteiger partial charge in [0.1, 0.15) is 5.82 Å². The van der Waals surface area contributed by atoms with E-state index >= 15 is 0 Å². The number of hydrogen-bond acceptors (Lipinski definition) is 4. The molecule has 2 N–H and O–H groups in total. The van der Waals surface area contributed by atoms with Crippen LogP contribution in [0.25, 0.3) is 0 Å². The Bertz CT molecular complexity index is 551. The first-order valence-corrected chi connectivity index (χ1v) is 6.61. The average molecular weight is 265 g/mol. The fourth-order valence-electron chi connectivity index (χ4n) is 1.77. The van der Waals surface area contributed by atoms with Crippen LogP contribution in [-0.4, -0.2) is 9.59 Å². The van der Waals surface area contributed by atoms with Crippen molar-refractivity contribution in [2.45, 2.75) is 32.7 Å². The minimum Gasteiger partial charge on any atom is -0.319 e. The van der Waals surface area contributed by atoms with E-state index in [0.29, 0.717) is 5.56 Å². The van der Waals surface area contributed by atoms with Crippen LogP contribution in [0.4, 0.5) is 4.39 Å². The molecule has 3 nitrogen and oxygen atoms in total. The summed E-state index contributed by atoms with van der Waals surface area (Å²) < 4.78 is 17.5. The van der Waals surface area contributed by atoms with Gasteiger partial charge in [-0.1, -0.05) is 30.5 Å². The van der Waals surface area contributed by atoms with Crippen molar-refractivity contribution in [2.24, 2.45) is 5.73 Å². The lowest BCUT2D eigenvalue weighted by Crippen LogP contribution is -2.13. The first-order valence-electron chi connectivity index (χ1n) is 5.84. The molecule has 1 aromatic carbocycles. The van der Waals surface area contributed by atoms with Crippen molar-refractivity contribution < 1.29 is 4.39 Å². The third kappa shape index (κ3) is 2.42. The molecule has 1 aromatic heterocycles. The summed E-state index contributed by atoms with van der Waals surface area (Å²) in [5.74, 6) is 0.0339. The Morgan fingerprint density at radius 1 is 1.33 bits per heavy atom. The minimum absolute atomic E-state index is 0.230. The third-order valence-corrected chi connectivity index (χ3v) is 3.75. The Morgan fingerprint density at radius 2 is 2.06 bits per heavy atom. The van der Waals surface area contributed by atoms with Crippen LogP contribution in [0.3, 0.4) is 0 Å². The monoisotopic (exact) mass is 265 g/mol. The summed E-state index contributed by atoms with van der Waals surface area (Å²) in [5.41, 5.74) is 8.46. The second-order valence-electron chi connectivity index (χ2n) is 4.66. The van der Waals surface area contributed by atoms with Crippen LogP contribution in [0.1, 0.15) is 47.5 Å². The van der Waals surface area contributed by atoms with E-state index in [1.807, 2.05) is 19.9 Å². The third-order valence-electron chi connectivity index (χ3n) is 2.92. The normalized spacial score (nSPS) is 13.0. The Labute approximate surface area is 110 Å². The Balaban J connectivity index is 2.38. The second-order valence-corrected chi connectivity index (χ2v) is 5.45. The number of rotatable bonds is 3. The first-order chi connectivity index (χ1) is 8.50. The van der Waals surface area contributed by atoms with Gasteiger partial charge in [0.2, 0.25) is 0 Å². The van der Waals surface area contributed by atoms with Gasteiger partial charge in [0.05, 0.1) is 16.6 Å². The van der Waals surface area contributed by atoms with Crippen molar-refractivity contribution >= 4 is 11.5 Å². The van der Waals surface area contributed by atoms with Crippen molar-refractivity contribution in [1.29, 1.82) is 0 Å². The molecule has 0 radical (unpaired) electrons. The molecule has 96 valence electrons. The largest absolute Gasteiger partial charge is 0.319 e. The van der Waals surface area contributed by atoms with E-state index in [4.69, 9.17) is 5.73 Å². The van der Waals surface area contributed by atoms with E-state index in [1.165, 1.54) is 17.6 Å². The summed E-state index contributed by atoms with van der Waals surface area (Å²) in [5, 5.41) is 4.10. The van der Waals surface area contributed by atoms with E-state index < -0.39 is 0 Å². The van der Waals surface area contributed by atoms with Crippen LogP contribution in [0, 0.1) is 12.7 Å². The van der Waals surface area contributed by atoms with Crippen LogP contribution in [-0.2, 0) is 0 Å². The van der Waals surface area contributed by atoms with Crippen molar-refractivity contribution in [3.8, 4) is 0 Å². The van der Waals surface area contributed by atoms with Crippen LogP contribution in [0.2, 0.25) is 0 Å². The predicted octanol–water partition coefficient (Wildman–Crippen LogP) is 3.16. The summed E-state index contributed by atoms with van der Waals surface area (Å²) in [6, 6.07) is 4.72. The maximum Gasteiger partial charge on any atom is 0.126 e. The molecule has 1 heterocycles. The van der Waals surface area contributed by atoms with Crippen molar-refractivity contribution in [2.75, 3.05) is 0 Å². The molecule has 1 unspecified atom stereocenters. The molecular formula is C13H16FN3S. The van der Waals surface area contributed by atoms with E-state index in [0.717, 1.165) is 16.1 Å². The molecule has 0 saturated carbocycles. The molecule has 18 heavy (non-hydrogen) atoms. The molecular weight excluding hydrogens is 249 g/mol. The topological polar surface area (TPSA) is 51.8 Å². The highest BCUT2D eigenvalue weighted by Crippen LogP contribution is 2.29. The zero-order valence-corrected chi connectivity index (χ0v) is 11.5. The van der Waals surface area contributed by atoms with Crippen LogP contribution < -0.4 is 5.73 Å². The van der Waals surface area contributed by atoms with E-state index in [9.17, 15) is 4.39 Å². The molecule has 0 fully saturated rings. The Kier molecular flexibility index (Phi) is 3.73. The van der Waals surface area contributed by atoms with Crippen molar-refractivity contribution in [1.82, 2.24) is 9.59 Å². The fraction of sp³-hybridized carbons (Fsp3) is 0.385. The van der Waals surface area contributed by atoms with Gasteiger partial charge in [-0.3, -0.25) is 0 Å². The number of benzene rings is 1. The van der Waals surface area contributed by atoms with Crippen molar-refractivity contribution in [3.05, 3.63) is 45.7 Å². The van der Waals surface area contributed by atoms with Crippen LogP contribution in [0.5, 0.6) is 0 Å². The Morgan fingerprint density at radius 3 is 2.67 bits per heavy atom. The van der Waals surface area contributed by atoms with E-state index in [2.05, 4.69) is 9.59 Å². The highest BCUT2D eigenvalue weighted by molar-refractivity contribution is 7.05. The molecule has 0 spiro atoms. The summed E-state index contributed by atoms with van der Waals surface area (Å²) in [6.07, 6.45) is 0. The number of aryl methyl sites for hydroxylation is 1. The van der Waals surface area contributed by atoms with Gasteiger partial charge in [-0.2, -0.15) is 0 Å². The zero-order valence-electron chi connectivity index (χ0n) is 10.6.